The average Bonchev–Trinajstić information content (AvgIpc) is 2.25. The Bertz CT molecular complexity index is 459. The molecule has 1 saturated heterocycles. The van der Waals surface area contributed by atoms with Crippen LogP contribution in [0.1, 0.15) is 39.4 Å². The Morgan fingerprint density at radius 3 is 2.68 bits per heavy atom. The van der Waals surface area contributed by atoms with Crippen LogP contribution in [0.3, 0.4) is 0 Å². The van der Waals surface area contributed by atoms with Crippen molar-refractivity contribution in [2.75, 3.05) is 18.0 Å². The summed E-state index contributed by atoms with van der Waals surface area (Å²) in [7, 11) is 0. The van der Waals surface area contributed by atoms with Gasteiger partial charge in [-0.1, -0.05) is 17.7 Å². The molecule has 0 saturated carbocycles. The summed E-state index contributed by atoms with van der Waals surface area (Å²) in [5.74, 6) is 0. The van der Waals surface area contributed by atoms with Crippen LogP contribution in [0.4, 0.5) is 5.69 Å². The molecule has 1 aliphatic heterocycles. The minimum atomic E-state index is -0.494. The number of rotatable bonds is 2. The van der Waals surface area contributed by atoms with Crippen LogP contribution in [0, 0.1) is 0 Å². The number of benzene rings is 1. The number of aliphatic hydroxyl groups excluding tert-OH is 1. The molecule has 0 radical (unpaired) electrons. The predicted molar refractivity (Wildman–Crippen MR) is 78.9 cm³/mol. The van der Waals surface area contributed by atoms with E-state index < -0.39 is 6.10 Å². The summed E-state index contributed by atoms with van der Waals surface area (Å²) in [4.78, 5) is 2.25. The number of anilines is 1. The molecule has 2 atom stereocenters. The van der Waals surface area contributed by atoms with E-state index >= 15 is 0 Å². The van der Waals surface area contributed by atoms with Gasteiger partial charge in [0.2, 0.25) is 0 Å². The molecule has 2 rings (SSSR count). The van der Waals surface area contributed by atoms with E-state index in [2.05, 4.69) is 25.7 Å². The van der Waals surface area contributed by atoms with Gasteiger partial charge in [-0.15, -0.1) is 0 Å². The quantitative estimate of drug-likeness (QED) is 0.903. The monoisotopic (exact) mass is 283 g/mol. The lowest BCUT2D eigenvalue weighted by Gasteiger charge is -2.43. The van der Waals surface area contributed by atoms with E-state index in [-0.39, 0.29) is 11.7 Å². The van der Waals surface area contributed by atoms with Crippen LogP contribution in [0.5, 0.6) is 0 Å². The fourth-order valence-electron chi connectivity index (χ4n) is 2.68. The fourth-order valence-corrected chi connectivity index (χ4v) is 2.99. The molecular weight excluding hydrogens is 262 g/mol. The van der Waals surface area contributed by atoms with E-state index in [9.17, 15) is 5.11 Å². The highest BCUT2D eigenvalue weighted by molar-refractivity contribution is 6.33. The van der Waals surface area contributed by atoms with Crippen LogP contribution in [0.2, 0.25) is 5.02 Å². The first-order valence-corrected chi connectivity index (χ1v) is 7.06. The lowest BCUT2D eigenvalue weighted by molar-refractivity contribution is -0.0749. The first kappa shape index (κ1) is 14.6. The number of hydrogen-bond donors (Lipinski definition) is 1. The molecular formula is C15H22ClNO2. The average molecular weight is 284 g/mol. The summed E-state index contributed by atoms with van der Waals surface area (Å²) >= 11 is 6.35. The van der Waals surface area contributed by atoms with Crippen LogP contribution in [-0.4, -0.2) is 29.9 Å². The van der Waals surface area contributed by atoms with Gasteiger partial charge < -0.3 is 14.7 Å². The number of nitrogens with zero attached hydrogens (tertiary/aromatic N) is 1. The number of halogens is 1. The maximum atomic E-state index is 9.58. The third kappa shape index (κ3) is 3.41. The van der Waals surface area contributed by atoms with Crippen molar-refractivity contribution in [3.8, 4) is 0 Å². The zero-order valence-electron chi connectivity index (χ0n) is 12.0. The smallest absolute Gasteiger partial charge is 0.0805 e. The lowest BCUT2D eigenvalue weighted by atomic mass is 10.0. The molecule has 1 fully saturated rings. The Morgan fingerprint density at radius 1 is 1.47 bits per heavy atom. The van der Waals surface area contributed by atoms with Gasteiger partial charge in [0.15, 0.2) is 0 Å². The summed E-state index contributed by atoms with van der Waals surface area (Å²) < 4.78 is 5.90. The van der Waals surface area contributed by atoms with Gasteiger partial charge in [-0.3, -0.25) is 0 Å². The first-order chi connectivity index (χ1) is 8.78. The molecule has 0 aliphatic carbocycles. The van der Waals surface area contributed by atoms with Crippen molar-refractivity contribution >= 4 is 17.3 Å². The zero-order chi connectivity index (χ0) is 14.2. The molecule has 106 valence electrons. The van der Waals surface area contributed by atoms with Crippen molar-refractivity contribution in [3.63, 3.8) is 0 Å². The van der Waals surface area contributed by atoms with Gasteiger partial charge in [0.25, 0.3) is 0 Å². The Morgan fingerprint density at radius 2 is 2.16 bits per heavy atom. The molecule has 0 aromatic heterocycles. The summed E-state index contributed by atoms with van der Waals surface area (Å²) in [5.41, 5.74) is 1.67. The molecule has 1 aliphatic rings. The summed E-state index contributed by atoms with van der Waals surface area (Å²) in [6, 6.07) is 5.76. The second-order valence-corrected chi connectivity index (χ2v) is 6.36. The van der Waals surface area contributed by atoms with E-state index in [4.69, 9.17) is 16.3 Å². The Labute approximate surface area is 120 Å². The van der Waals surface area contributed by atoms with E-state index in [0.717, 1.165) is 24.3 Å². The Kier molecular flexibility index (Phi) is 4.09. The molecule has 0 spiro atoms. The lowest BCUT2D eigenvalue weighted by Crippen LogP contribution is -2.52. The van der Waals surface area contributed by atoms with Crippen LogP contribution < -0.4 is 4.90 Å². The fraction of sp³-hybridized carbons (Fsp3) is 0.600. The number of hydrogen-bond acceptors (Lipinski definition) is 3. The number of ether oxygens (including phenoxy) is 1. The Balaban J connectivity index is 2.26. The van der Waals surface area contributed by atoms with Crippen LogP contribution >= 0.6 is 11.6 Å². The standard InChI is InChI=1S/C15H22ClNO2/c1-10-8-17(9-15(3,4)19-10)14-6-5-12(11(2)18)7-13(14)16/h5-7,10-11,18H,8-9H2,1-4H3. The molecule has 1 heterocycles. The normalized spacial score (nSPS) is 24.3. The molecule has 3 nitrogen and oxygen atoms in total. The van der Waals surface area contributed by atoms with Gasteiger partial charge in [-0.25, -0.2) is 0 Å². The van der Waals surface area contributed by atoms with Crippen LogP contribution in [0.15, 0.2) is 18.2 Å². The summed E-state index contributed by atoms with van der Waals surface area (Å²) in [6.07, 6.45) is -0.317. The highest BCUT2D eigenvalue weighted by Gasteiger charge is 2.32. The third-order valence-electron chi connectivity index (χ3n) is 3.36. The second-order valence-electron chi connectivity index (χ2n) is 5.96. The van der Waals surface area contributed by atoms with Crippen molar-refractivity contribution in [2.24, 2.45) is 0 Å². The molecule has 4 heteroatoms. The first-order valence-electron chi connectivity index (χ1n) is 6.69. The molecule has 1 aromatic carbocycles. The number of aliphatic hydroxyl groups is 1. The SMILES string of the molecule is CC1CN(c2ccc(C(C)O)cc2Cl)CC(C)(C)O1. The van der Waals surface area contributed by atoms with E-state index in [1.54, 1.807) is 6.92 Å². The van der Waals surface area contributed by atoms with Crippen LogP contribution in [0.25, 0.3) is 0 Å². The topological polar surface area (TPSA) is 32.7 Å². The van der Waals surface area contributed by atoms with E-state index in [1.165, 1.54) is 0 Å². The molecule has 0 amide bonds. The summed E-state index contributed by atoms with van der Waals surface area (Å²) in [6.45, 7) is 9.64. The molecule has 19 heavy (non-hydrogen) atoms. The van der Waals surface area contributed by atoms with Gasteiger partial charge in [0, 0.05) is 13.1 Å². The van der Waals surface area contributed by atoms with Crippen molar-refractivity contribution in [3.05, 3.63) is 28.8 Å². The molecule has 1 aromatic rings. The summed E-state index contributed by atoms with van der Waals surface area (Å²) in [5, 5.41) is 10.3. The number of morpholine rings is 1. The maximum absolute atomic E-state index is 9.58. The van der Waals surface area contributed by atoms with Gasteiger partial charge in [0.05, 0.1) is 28.5 Å². The highest BCUT2D eigenvalue weighted by Crippen LogP contribution is 2.33. The van der Waals surface area contributed by atoms with Crippen molar-refractivity contribution < 1.29 is 9.84 Å². The van der Waals surface area contributed by atoms with Gasteiger partial charge in [-0.2, -0.15) is 0 Å². The molecule has 2 unspecified atom stereocenters. The third-order valence-corrected chi connectivity index (χ3v) is 3.67. The van der Waals surface area contributed by atoms with E-state index in [0.29, 0.717) is 5.02 Å². The van der Waals surface area contributed by atoms with E-state index in [1.807, 2.05) is 18.2 Å². The highest BCUT2D eigenvalue weighted by atomic mass is 35.5. The van der Waals surface area contributed by atoms with Crippen molar-refractivity contribution in [1.29, 1.82) is 0 Å². The predicted octanol–water partition coefficient (Wildman–Crippen LogP) is 3.40. The Hall–Kier alpha value is -0.770. The van der Waals surface area contributed by atoms with Gasteiger partial charge in [0.1, 0.15) is 0 Å². The largest absolute Gasteiger partial charge is 0.389 e. The zero-order valence-corrected chi connectivity index (χ0v) is 12.7. The van der Waals surface area contributed by atoms with Crippen LogP contribution in [-0.2, 0) is 4.74 Å². The second kappa shape index (κ2) is 5.31. The minimum absolute atomic E-state index is 0.177. The maximum Gasteiger partial charge on any atom is 0.0805 e. The van der Waals surface area contributed by atoms with Crippen molar-refractivity contribution in [1.82, 2.24) is 0 Å². The minimum Gasteiger partial charge on any atom is -0.389 e. The molecule has 1 N–H and O–H groups in total. The van der Waals surface area contributed by atoms with Crippen molar-refractivity contribution in [2.45, 2.75) is 45.5 Å². The van der Waals surface area contributed by atoms with Gasteiger partial charge >= 0.3 is 0 Å². The van der Waals surface area contributed by atoms with Gasteiger partial charge in [-0.05, 0) is 45.4 Å². The molecule has 0 bridgehead atoms.